The lowest BCUT2D eigenvalue weighted by Crippen LogP contribution is -2.13. The average molecular weight is 266 g/mol. The molecule has 0 amide bonds. The molecular weight excluding hydrogens is 244 g/mol. The molecule has 19 heavy (non-hydrogen) atoms. The fraction of sp³-hybridized carbons (Fsp3) is 0.533. The Balaban J connectivity index is 1.94. The molecule has 1 aromatic rings. The van der Waals surface area contributed by atoms with Gasteiger partial charge in [0.15, 0.2) is 5.78 Å². The maximum atomic E-state index is 10.9. The standard InChI is InChI=1S/C15H22O4/c1-3-14(16)12-18-9-8-17-10-11-19-15-6-4-13(2)5-7-15/h4-7H,3,8-12H2,1-2H3. The summed E-state index contributed by atoms with van der Waals surface area (Å²) in [5.74, 6) is 0.960. The Hall–Kier alpha value is -1.39. The van der Waals surface area contributed by atoms with Crippen LogP contribution in [0.1, 0.15) is 18.9 Å². The van der Waals surface area contributed by atoms with Gasteiger partial charge in [-0.3, -0.25) is 4.79 Å². The molecule has 0 aliphatic carbocycles. The Morgan fingerprint density at radius 2 is 1.63 bits per heavy atom. The summed E-state index contributed by atoms with van der Waals surface area (Å²) in [5.41, 5.74) is 1.21. The van der Waals surface area contributed by atoms with Crippen molar-refractivity contribution in [2.24, 2.45) is 0 Å². The molecule has 0 saturated heterocycles. The van der Waals surface area contributed by atoms with Gasteiger partial charge < -0.3 is 14.2 Å². The van der Waals surface area contributed by atoms with Crippen molar-refractivity contribution in [1.82, 2.24) is 0 Å². The van der Waals surface area contributed by atoms with E-state index in [0.29, 0.717) is 32.8 Å². The zero-order valence-electron chi connectivity index (χ0n) is 11.7. The summed E-state index contributed by atoms with van der Waals surface area (Å²) in [6, 6.07) is 7.90. The second-order valence-electron chi connectivity index (χ2n) is 4.22. The van der Waals surface area contributed by atoms with Gasteiger partial charge in [0.2, 0.25) is 0 Å². The smallest absolute Gasteiger partial charge is 0.158 e. The Morgan fingerprint density at radius 3 is 2.32 bits per heavy atom. The second kappa shape index (κ2) is 9.53. The van der Waals surface area contributed by atoms with Crippen LogP contribution in [0.25, 0.3) is 0 Å². The number of ketones is 1. The van der Waals surface area contributed by atoms with Crippen LogP contribution in [-0.2, 0) is 14.3 Å². The van der Waals surface area contributed by atoms with Gasteiger partial charge in [0.25, 0.3) is 0 Å². The highest BCUT2D eigenvalue weighted by atomic mass is 16.5. The highest BCUT2D eigenvalue weighted by Gasteiger charge is 1.97. The third-order valence-electron chi connectivity index (χ3n) is 2.55. The van der Waals surface area contributed by atoms with E-state index in [4.69, 9.17) is 14.2 Å². The van der Waals surface area contributed by atoms with E-state index < -0.39 is 0 Å². The summed E-state index contributed by atoms with van der Waals surface area (Å²) in [6.07, 6.45) is 0.519. The van der Waals surface area contributed by atoms with Crippen LogP contribution in [0.5, 0.6) is 5.75 Å². The van der Waals surface area contributed by atoms with Crippen LogP contribution in [0, 0.1) is 6.92 Å². The summed E-state index contributed by atoms with van der Waals surface area (Å²) in [5, 5.41) is 0. The third kappa shape index (κ3) is 7.59. The van der Waals surface area contributed by atoms with E-state index >= 15 is 0 Å². The van der Waals surface area contributed by atoms with Crippen molar-refractivity contribution in [3.8, 4) is 5.75 Å². The van der Waals surface area contributed by atoms with E-state index in [1.807, 2.05) is 38.1 Å². The molecule has 0 aliphatic rings. The molecule has 0 heterocycles. The minimum atomic E-state index is 0.114. The number of aryl methyl sites for hydroxylation is 1. The molecule has 0 bridgehead atoms. The number of Topliss-reactive ketones (excluding diaryl/α,β-unsaturated/α-hetero) is 1. The highest BCUT2D eigenvalue weighted by Crippen LogP contribution is 2.10. The van der Waals surface area contributed by atoms with E-state index in [1.165, 1.54) is 5.56 Å². The van der Waals surface area contributed by atoms with E-state index in [9.17, 15) is 4.79 Å². The van der Waals surface area contributed by atoms with E-state index in [2.05, 4.69) is 0 Å². The first kappa shape index (κ1) is 15.7. The van der Waals surface area contributed by atoms with Gasteiger partial charge in [0.05, 0.1) is 19.8 Å². The molecule has 0 aliphatic heterocycles. The summed E-state index contributed by atoms with van der Waals surface area (Å²) >= 11 is 0. The van der Waals surface area contributed by atoms with Gasteiger partial charge >= 0.3 is 0 Å². The summed E-state index contributed by atoms with van der Waals surface area (Å²) in [6.45, 7) is 5.99. The normalized spacial score (nSPS) is 10.4. The van der Waals surface area contributed by atoms with E-state index in [0.717, 1.165) is 5.75 Å². The van der Waals surface area contributed by atoms with Crippen LogP contribution in [0.2, 0.25) is 0 Å². The molecule has 0 unspecified atom stereocenters. The van der Waals surface area contributed by atoms with Gasteiger partial charge in [-0.2, -0.15) is 0 Å². The first-order valence-electron chi connectivity index (χ1n) is 6.59. The predicted molar refractivity (Wildman–Crippen MR) is 73.6 cm³/mol. The maximum absolute atomic E-state index is 10.9. The molecule has 4 nitrogen and oxygen atoms in total. The molecular formula is C15H22O4. The topological polar surface area (TPSA) is 44.8 Å². The molecule has 1 rings (SSSR count). The van der Waals surface area contributed by atoms with Gasteiger partial charge in [0.1, 0.15) is 19.0 Å². The van der Waals surface area contributed by atoms with Crippen molar-refractivity contribution in [3.63, 3.8) is 0 Å². The molecule has 106 valence electrons. The Morgan fingerprint density at radius 1 is 1.00 bits per heavy atom. The molecule has 0 saturated carbocycles. The van der Waals surface area contributed by atoms with Crippen molar-refractivity contribution in [1.29, 1.82) is 0 Å². The Labute approximate surface area is 114 Å². The largest absolute Gasteiger partial charge is 0.491 e. The lowest BCUT2D eigenvalue weighted by atomic mass is 10.2. The molecule has 4 heteroatoms. The average Bonchev–Trinajstić information content (AvgIpc) is 2.43. The Bertz CT molecular complexity index is 359. The summed E-state index contributed by atoms with van der Waals surface area (Å²) in [7, 11) is 0. The summed E-state index contributed by atoms with van der Waals surface area (Å²) in [4.78, 5) is 10.9. The van der Waals surface area contributed by atoms with Crippen LogP contribution < -0.4 is 4.74 Å². The third-order valence-corrected chi connectivity index (χ3v) is 2.55. The van der Waals surface area contributed by atoms with Crippen LogP contribution >= 0.6 is 0 Å². The molecule has 1 aromatic carbocycles. The zero-order chi connectivity index (χ0) is 13.9. The van der Waals surface area contributed by atoms with Crippen LogP contribution in [0.3, 0.4) is 0 Å². The van der Waals surface area contributed by atoms with Crippen LogP contribution in [-0.4, -0.2) is 38.8 Å². The predicted octanol–water partition coefficient (Wildman–Crippen LogP) is 2.39. The summed E-state index contributed by atoms with van der Waals surface area (Å²) < 4.78 is 16.0. The van der Waals surface area contributed by atoms with Crippen molar-refractivity contribution in [2.75, 3.05) is 33.0 Å². The van der Waals surface area contributed by atoms with Gasteiger partial charge in [0, 0.05) is 6.42 Å². The van der Waals surface area contributed by atoms with Crippen LogP contribution in [0.4, 0.5) is 0 Å². The minimum Gasteiger partial charge on any atom is -0.491 e. The molecule has 0 radical (unpaired) electrons. The van der Waals surface area contributed by atoms with E-state index in [1.54, 1.807) is 0 Å². The quantitative estimate of drug-likeness (QED) is 0.610. The van der Waals surface area contributed by atoms with Crippen molar-refractivity contribution in [2.45, 2.75) is 20.3 Å². The second-order valence-corrected chi connectivity index (χ2v) is 4.22. The van der Waals surface area contributed by atoms with Gasteiger partial charge in [-0.05, 0) is 19.1 Å². The fourth-order valence-electron chi connectivity index (χ4n) is 1.36. The SMILES string of the molecule is CCC(=O)COCCOCCOc1ccc(C)cc1. The number of ether oxygens (including phenoxy) is 3. The lowest BCUT2D eigenvalue weighted by Gasteiger charge is -2.07. The fourth-order valence-corrected chi connectivity index (χ4v) is 1.36. The van der Waals surface area contributed by atoms with Gasteiger partial charge in [-0.15, -0.1) is 0 Å². The highest BCUT2D eigenvalue weighted by molar-refractivity contribution is 5.79. The molecule has 0 aromatic heterocycles. The van der Waals surface area contributed by atoms with Crippen LogP contribution in [0.15, 0.2) is 24.3 Å². The minimum absolute atomic E-state index is 0.114. The number of benzene rings is 1. The first-order chi connectivity index (χ1) is 9.22. The van der Waals surface area contributed by atoms with Gasteiger partial charge in [-0.25, -0.2) is 0 Å². The van der Waals surface area contributed by atoms with Crippen molar-refractivity contribution < 1.29 is 19.0 Å². The maximum Gasteiger partial charge on any atom is 0.158 e. The number of rotatable bonds is 10. The van der Waals surface area contributed by atoms with Crippen molar-refractivity contribution in [3.05, 3.63) is 29.8 Å². The lowest BCUT2D eigenvalue weighted by molar-refractivity contribution is -0.123. The first-order valence-corrected chi connectivity index (χ1v) is 6.59. The molecule has 0 spiro atoms. The molecule has 0 N–H and O–H groups in total. The monoisotopic (exact) mass is 266 g/mol. The van der Waals surface area contributed by atoms with E-state index in [-0.39, 0.29) is 12.4 Å². The number of hydrogen-bond donors (Lipinski definition) is 0. The number of hydrogen-bond acceptors (Lipinski definition) is 4. The number of carbonyl (C=O) groups excluding carboxylic acids is 1. The van der Waals surface area contributed by atoms with Crippen molar-refractivity contribution >= 4 is 5.78 Å². The number of carbonyl (C=O) groups is 1. The molecule has 0 atom stereocenters. The zero-order valence-corrected chi connectivity index (χ0v) is 11.7. The molecule has 0 fully saturated rings. The van der Waals surface area contributed by atoms with Gasteiger partial charge in [-0.1, -0.05) is 24.6 Å². The Kier molecular flexibility index (Phi) is 7.86.